The van der Waals surface area contributed by atoms with E-state index in [1.54, 1.807) is 6.07 Å². The first kappa shape index (κ1) is 14.1. The van der Waals surface area contributed by atoms with Gasteiger partial charge in [-0.15, -0.1) is 0 Å². The second-order valence-corrected chi connectivity index (χ2v) is 4.28. The Kier molecular flexibility index (Phi) is 4.10. The van der Waals surface area contributed by atoms with Gasteiger partial charge in [0.15, 0.2) is 0 Å². The van der Waals surface area contributed by atoms with Crippen molar-refractivity contribution in [2.45, 2.75) is 0 Å². The minimum Gasteiger partial charge on any atom is -0.506 e. The van der Waals surface area contributed by atoms with E-state index in [-0.39, 0.29) is 33.4 Å². The molecule has 2 rings (SSSR count). The Bertz CT molecular complexity index is 673. The van der Waals surface area contributed by atoms with E-state index >= 15 is 0 Å². The molecule has 104 valence electrons. The van der Waals surface area contributed by atoms with Crippen LogP contribution in [0.1, 0.15) is 11.1 Å². The number of benzene rings is 2. The molecule has 0 atom stereocenters. The zero-order chi connectivity index (χ0) is 14.7. The van der Waals surface area contributed by atoms with E-state index < -0.39 is 5.82 Å². The maximum absolute atomic E-state index is 13.8. The molecular formula is C14H11ClFNO3. The van der Waals surface area contributed by atoms with Gasteiger partial charge in [-0.2, -0.15) is 0 Å². The summed E-state index contributed by atoms with van der Waals surface area (Å²) in [4.78, 5) is 0. The number of rotatable bonds is 3. The van der Waals surface area contributed by atoms with Gasteiger partial charge in [-0.05, 0) is 24.3 Å². The SMILES string of the molecule is COc1ccc(/C(=N/O)c2ccccc2F)c(O)c1Cl. The Morgan fingerprint density at radius 2 is 1.90 bits per heavy atom. The monoisotopic (exact) mass is 295 g/mol. The summed E-state index contributed by atoms with van der Waals surface area (Å²) in [7, 11) is 1.40. The molecule has 0 aliphatic carbocycles. The highest BCUT2D eigenvalue weighted by Gasteiger charge is 2.19. The zero-order valence-electron chi connectivity index (χ0n) is 10.5. The lowest BCUT2D eigenvalue weighted by Gasteiger charge is -2.11. The summed E-state index contributed by atoms with van der Waals surface area (Å²) in [5.41, 5.74) is 0.0279. The summed E-state index contributed by atoms with van der Waals surface area (Å²) in [6, 6.07) is 8.68. The van der Waals surface area contributed by atoms with Crippen molar-refractivity contribution in [2.24, 2.45) is 5.16 Å². The molecule has 0 saturated carbocycles. The Balaban J connectivity index is 2.61. The fraction of sp³-hybridized carbons (Fsp3) is 0.0714. The predicted octanol–water partition coefficient (Wildman–Crippen LogP) is 3.42. The molecule has 0 aromatic heterocycles. The van der Waals surface area contributed by atoms with Crippen LogP contribution < -0.4 is 4.74 Å². The van der Waals surface area contributed by atoms with Crippen molar-refractivity contribution in [1.29, 1.82) is 0 Å². The van der Waals surface area contributed by atoms with Gasteiger partial charge in [0.25, 0.3) is 0 Å². The zero-order valence-corrected chi connectivity index (χ0v) is 11.2. The van der Waals surface area contributed by atoms with E-state index in [4.69, 9.17) is 21.5 Å². The van der Waals surface area contributed by atoms with Crippen LogP contribution in [-0.4, -0.2) is 23.1 Å². The number of methoxy groups -OCH3 is 1. The second-order valence-electron chi connectivity index (χ2n) is 3.91. The van der Waals surface area contributed by atoms with Gasteiger partial charge in [-0.3, -0.25) is 0 Å². The van der Waals surface area contributed by atoms with Gasteiger partial charge >= 0.3 is 0 Å². The minimum atomic E-state index is -0.577. The third-order valence-electron chi connectivity index (χ3n) is 2.78. The molecule has 0 heterocycles. The number of hydrogen-bond donors (Lipinski definition) is 2. The summed E-state index contributed by atoms with van der Waals surface area (Å²) < 4.78 is 18.7. The highest BCUT2D eigenvalue weighted by Crippen LogP contribution is 2.37. The number of phenolic OH excluding ortho intramolecular Hbond substituents is 1. The van der Waals surface area contributed by atoms with Crippen molar-refractivity contribution in [3.63, 3.8) is 0 Å². The molecule has 0 spiro atoms. The summed E-state index contributed by atoms with van der Waals surface area (Å²) in [5.74, 6) is -0.660. The third kappa shape index (κ3) is 2.40. The molecule has 2 N–H and O–H groups in total. The van der Waals surface area contributed by atoms with E-state index in [1.165, 1.54) is 37.4 Å². The molecule has 0 aliphatic rings. The number of nitrogens with zero attached hydrogens (tertiary/aromatic N) is 1. The summed E-state index contributed by atoms with van der Waals surface area (Å²) in [6.07, 6.45) is 0. The molecule has 2 aromatic rings. The molecule has 2 aromatic carbocycles. The number of halogens is 2. The number of ether oxygens (including phenoxy) is 1. The quantitative estimate of drug-likeness (QED) is 0.518. The van der Waals surface area contributed by atoms with Crippen LogP contribution in [0.3, 0.4) is 0 Å². The fourth-order valence-electron chi connectivity index (χ4n) is 1.80. The lowest BCUT2D eigenvalue weighted by atomic mass is 10.0. The van der Waals surface area contributed by atoms with Gasteiger partial charge in [-0.25, -0.2) is 4.39 Å². The molecular weight excluding hydrogens is 285 g/mol. The van der Waals surface area contributed by atoms with Crippen molar-refractivity contribution < 1.29 is 19.4 Å². The molecule has 0 unspecified atom stereocenters. The topological polar surface area (TPSA) is 62.0 Å². The Morgan fingerprint density at radius 3 is 2.50 bits per heavy atom. The number of phenols is 1. The molecule has 0 aliphatic heterocycles. The Labute approximate surface area is 119 Å². The van der Waals surface area contributed by atoms with Gasteiger partial charge in [0, 0.05) is 11.1 Å². The van der Waals surface area contributed by atoms with Crippen LogP contribution >= 0.6 is 11.6 Å². The first-order valence-corrected chi connectivity index (χ1v) is 6.00. The van der Waals surface area contributed by atoms with Crippen LogP contribution in [0.25, 0.3) is 0 Å². The molecule has 0 radical (unpaired) electrons. The Morgan fingerprint density at radius 1 is 1.20 bits per heavy atom. The normalized spacial score (nSPS) is 11.4. The van der Waals surface area contributed by atoms with Crippen molar-refractivity contribution in [3.8, 4) is 11.5 Å². The molecule has 0 fully saturated rings. The second kappa shape index (κ2) is 5.79. The van der Waals surface area contributed by atoms with Crippen LogP contribution in [0, 0.1) is 5.82 Å². The van der Waals surface area contributed by atoms with Gasteiger partial charge in [0.05, 0.1) is 7.11 Å². The summed E-state index contributed by atoms with van der Waals surface area (Å²) >= 11 is 5.92. The highest BCUT2D eigenvalue weighted by atomic mass is 35.5. The largest absolute Gasteiger partial charge is 0.506 e. The first-order chi connectivity index (χ1) is 9.60. The summed E-state index contributed by atoms with van der Waals surface area (Å²) in [6.45, 7) is 0. The number of oxime groups is 1. The van der Waals surface area contributed by atoms with Gasteiger partial charge in [0.2, 0.25) is 0 Å². The molecule has 6 heteroatoms. The number of hydrogen-bond acceptors (Lipinski definition) is 4. The number of aromatic hydroxyl groups is 1. The van der Waals surface area contributed by atoms with E-state index in [1.807, 2.05) is 0 Å². The van der Waals surface area contributed by atoms with Crippen LogP contribution in [0.2, 0.25) is 5.02 Å². The van der Waals surface area contributed by atoms with Crippen molar-refractivity contribution in [1.82, 2.24) is 0 Å². The molecule has 0 saturated heterocycles. The molecule has 20 heavy (non-hydrogen) atoms. The summed E-state index contributed by atoms with van der Waals surface area (Å²) in [5, 5.41) is 22.2. The molecule has 0 amide bonds. The van der Waals surface area contributed by atoms with Crippen LogP contribution in [0.15, 0.2) is 41.6 Å². The fourth-order valence-corrected chi connectivity index (χ4v) is 2.04. The van der Waals surface area contributed by atoms with Gasteiger partial charge in [0.1, 0.15) is 28.1 Å². The molecule has 0 bridgehead atoms. The molecule has 4 nitrogen and oxygen atoms in total. The van der Waals surface area contributed by atoms with Gasteiger partial charge in [-0.1, -0.05) is 28.9 Å². The van der Waals surface area contributed by atoms with Crippen LogP contribution in [0.5, 0.6) is 11.5 Å². The van der Waals surface area contributed by atoms with E-state index in [2.05, 4.69) is 5.16 Å². The van der Waals surface area contributed by atoms with E-state index in [9.17, 15) is 9.50 Å². The predicted molar refractivity (Wildman–Crippen MR) is 73.5 cm³/mol. The highest BCUT2D eigenvalue weighted by molar-refractivity contribution is 6.34. The van der Waals surface area contributed by atoms with Crippen LogP contribution in [-0.2, 0) is 0 Å². The maximum Gasteiger partial charge on any atom is 0.147 e. The van der Waals surface area contributed by atoms with Crippen LogP contribution in [0.4, 0.5) is 4.39 Å². The average molecular weight is 296 g/mol. The third-order valence-corrected chi connectivity index (χ3v) is 3.15. The van der Waals surface area contributed by atoms with Crippen molar-refractivity contribution in [3.05, 3.63) is 58.4 Å². The van der Waals surface area contributed by atoms with E-state index in [0.29, 0.717) is 0 Å². The smallest absolute Gasteiger partial charge is 0.147 e. The lowest BCUT2D eigenvalue weighted by Crippen LogP contribution is -2.07. The standard InChI is InChI=1S/C14H11ClFNO3/c1-20-11-7-6-9(14(18)12(11)15)13(17-19)8-4-2-3-5-10(8)16/h2-7,18-19H,1H3/b17-13+. The van der Waals surface area contributed by atoms with Crippen molar-refractivity contribution >= 4 is 17.3 Å². The first-order valence-electron chi connectivity index (χ1n) is 5.63. The maximum atomic E-state index is 13.8. The van der Waals surface area contributed by atoms with Gasteiger partial charge < -0.3 is 15.1 Å². The Hall–Kier alpha value is -2.27. The minimum absolute atomic E-state index is 0.0394. The van der Waals surface area contributed by atoms with E-state index in [0.717, 1.165) is 0 Å². The average Bonchev–Trinajstić information content (AvgIpc) is 2.46. The lowest BCUT2D eigenvalue weighted by molar-refractivity contribution is 0.319. The van der Waals surface area contributed by atoms with Crippen molar-refractivity contribution in [2.75, 3.05) is 7.11 Å².